The Morgan fingerprint density at radius 2 is 2.11 bits per heavy atom. The molecule has 0 radical (unpaired) electrons. The lowest BCUT2D eigenvalue weighted by Crippen LogP contribution is -2.33. The third kappa shape index (κ3) is 6.37. The van der Waals surface area contributed by atoms with E-state index < -0.39 is 5.60 Å². The van der Waals surface area contributed by atoms with Gasteiger partial charge in [0.25, 0.3) is 0 Å². The zero-order valence-electron chi connectivity index (χ0n) is 11.8. The zero-order chi connectivity index (χ0) is 14.5. The highest BCUT2D eigenvalue weighted by Crippen LogP contribution is 2.22. The van der Waals surface area contributed by atoms with Crippen LogP contribution < -0.4 is 5.32 Å². The first-order valence-electron chi connectivity index (χ1n) is 6.67. The number of benzene rings is 1. The van der Waals surface area contributed by atoms with Crippen molar-refractivity contribution in [3.05, 3.63) is 34.6 Å². The van der Waals surface area contributed by atoms with Crippen LogP contribution in [0.1, 0.15) is 32.8 Å². The molecule has 0 saturated carbocycles. The average molecular weight is 288 g/mol. The molecule has 1 atom stereocenters. The lowest BCUT2D eigenvalue weighted by atomic mass is 9.93. The molecule has 0 aliphatic heterocycles. The summed E-state index contributed by atoms with van der Waals surface area (Å²) >= 11 is 5.85. The van der Waals surface area contributed by atoms with Crippen LogP contribution in [0, 0.1) is 11.7 Å². The first-order valence-corrected chi connectivity index (χ1v) is 7.05. The number of hydrogen-bond donors (Lipinski definition) is 2. The molecule has 2 nitrogen and oxygen atoms in total. The van der Waals surface area contributed by atoms with Gasteiger partial charge in [0.2, 0.25) is 0 Å². The standard InChI is InChI=1S/C15H23ClFNO/c1-11(2)10-18-7-6-15(3,19)9-12-8-13(16)4-5-14(12)17/h4-5,8,11,18-19H,6-7,9-10H2,1-3H3. The van der Waals surface area contributed by atoms with Crippen molar-refractivity contribution in [1.82, 2.24) is 5.32 Å². The van der Waals surface area contributed by atoms with Crippen LogP contribution in [0.25, 0.3) is 0 Å². The van der Waals surface area contributed by atoms with Crippen LogP contribution in [0.3, 0.4) is 0 Å². The molecule has 1 rings (SSSR count). The van der Waals surface area contributed by atoms with Crippen LogP contribution in [0.5, 0.6) is 0 Å². The smallest absolute Gasteiger partial charge is 0.126 e. The molecular formula is C15H23ClFNO. The minimum Gasteiger partial charge on any atom is -0.390 e. The fraction of sp³-hybridized carbons (Fsp3) is 0.600. The van der Waals surface area contributed by atoms with Crippen molar-refractivity contribution >= 4 is 11.6 Å². The molecule has 0 fully saturated rings. The molecule has 0 heterocycles. The molecule has 0 aromatic heterocycles. The molecule has 1 aromatic rings. The summed E-state index contributed by atoms with van der Waals surface area (Å²) in [6, 6.07) is 4.43. The highest BCUT2D eigenvalue weighted by molar-refractivity contribution is 6.30. The predicted octanol–water partition coefficient (Wildman–Crippen LogP) is 3.41. The quantitative estimate of drug-likeness (QED) is 0.753. The fourth-order valence-electron chi connectivity index (χ4n) is 1.93. The predicted molar refractivity (Wildman–Crippen MR) is 78.1 cm³/mol. The van der Waals surface area contributed by atoms with Gasteiger partial charge in [-0.3, -0.25) is 0 Å². The van der Waals surface area contributed by atoms with Crippen LogP contribution in [-0.4, -0.2) is 23.8 Å². The first-order chi connectivity index (χ1) is 8.80. The van der Waals surface area contributed by atoms with E-state index in [1.807, 2.05) is 0 Å². The molecule has 1 aromatic carbocycles. The van der Waals surface area contributed by atoms with Crippen molar-refractivity contribution in [2.75, 3.05) is 13.1 Å². The van der Waals surface area contributed by atoms with Gasteiger partial charge in [-0.15, -0.1) is 0 Å². The molecule has 1 unspecified atom stereocenters. The Morgan fingerprint density at radius 3 is 2.74 bits per heavy atom. The second-order valence-electron chi connectivity index (χ2n) is 5.76. The van der Waals surface area contributed by atoms with Crippen molar-refractivity contribution in [1.29, 1.82) is 0 Å². The molecule has 0 amide bonds. The summed E-state index contributed by atoms with van der Waals surface area (Å²) in [6.07, 6.45) is 0.842. The summed E-state index contributed by atoms with van der Waals surface area (Å²) in [5.41, 5.74) is -0.475. The van der Waals surface area contributed by atoms with Gasteiger partial charge in [0, 0.05) is 11.4 Å². The van der Waals surface area contributed by atoms with Crippen LogP contribution in [0.15, 0.2) is 18.2 Å². The van der Waals surface area contributed by atoms with Crippen LogP contribution in [-0.2, 0) is 6.42 Å². The Hall–Kier alpha value is -0.640. The summed E-state index contributed by atoms with van der Waals surface area (Å²) in [5.74, 6) is 0.259. The van der Waals surface area contributed by atoms with Crippen molar-refractivity contribution in [2.45, 2.75) is 39.2 Å². The van der Waals surface area contributed by atoms with Gasteiger partial charge in [-0.2, -0.15) is 0 Å². The van der Waals surface area contributed by atoms with E-state index in [-0.39, 0.29) is 12.2 Å². The molecule has 19 heavy (non-hydrogen) atoms. The Balaban J connectivity index is 2.51. The van der Waals surface area contributed by atoms with E-state index in [1.165, 1.54) is 12.1 Å². The number of rotatable bonds is 7. The second kappa shape index (κ2) is 7.22. The largest absolute Gasteiger partial charge is 0.390 e. The maximum absolute atomic E-state index is 13.6. The van der Waals surface area contributed by atoms with Gasteiger partial charge in [-0.25, -0.2) is 4.39 Å². The van der Waals surface area contributed by atoms with E-state index >= 15 is 0 Å². The second-order valence-corrected chi connectivity index (χ2v) is 6.19. The van der Waals surface area contributed by atoms with Crippen molar-refractivity contribution in [3.63, 3.8) is 0 Å². The highest BCUT2D eigenvalue weighted by atomic mass is 35.5. The normalized spacial score (nSPS) is 14.7. The van der Waals surface area contributed by atoms with Crippen molar-refractivity contribution in [2.24, 2.45) is 5.92 Å². The lowest BCUT2D eigenvalue weighted by molar-refractivity contribution is 0.0505. The van der Waals surface area contributed by atoms with Crippen LogP contribution >= 0.6 is 11.6 Å². The first kappa shape index (κ1) is 16.4. The summed E-state index contributed by atoms with van der Waals surface area (Å²) in [7, 11) is 0. The Labute approximate surface area is 120 Å². The minimum atomic E-state index is -0.935. The van der Waals surface area contributed by atoms with E-state index in [1.54, 1.807) is 13.0 Å². The summed E-state index contributed by atoms with van der Waals surface area (Å²) < 4.78 is 13.6. The van der Waals surface area contributed by atoms with E-state index in [0.29, 0.717) is 29.5 Å². The maximum atomic E-state index is 13.6. The molecule has 0 bridgehead atoms. The Bertz CT molecular complexity index is 407. The van der Waals surface area contributed by atoms with Gasteiger partial charge in [0.1, 0.15) is 5.82 Å². The third-order valence-electron chi connectivity index (χ3n) is 2.97. The molecule has 4 heteroatoms. The van der Waals surface area contributed by atoms with E-state index in [4.69, 9.17) is 11.6 Å². The van der Waals surface area contributed by atoms with Gasteiger partial charge < -0.3 is 10.4 Å². The fourth-order valence-corrected chi connectivity index (χ4v) is 2.12. The SMILES string of the molecule is CC(C)CNCCC(C)(O)Cc1cc(Cl)ccc1F. The van der Waals surface area contributed by atoms with E-state index in [9.17, 15) is 9.50 Å². The molecule has 0 spiro atoms. The molecule has 108 valence electrons. The summed E-state index contributed by atoms with van der Waals surface area (Å²) in [4.78, 5) is 0. The average Bonchev–Trinajstić information content (AvgIpc) is 2.29. The Morgan fingerprint density at radius 1 is 1.42 bits per heavy atom. The zero-order valence-corrected chi connectivity index (χ0v) is 12.6. The van der Waals surface area contributed by atoms with E-state index in [2.05, 4.69) is 19.2 Å². The minimum absolute atomic E-state index is 0.267. The number of nitrogens with one attached hydrogen (secondary N) is 1. The van der Waals surface area contributed by atoms with Crippen LogP contribution in [0.4, 0.5) is 4.39 Å². The molecule has 0 aliphatic rings. The van der Waals surface area contributed by atoms with Crippen molar-refractivity contribution < 1.29 is 9.50 Å². The molecule has 0 saturated heterocycles. The number of aliphatic hydroxyl groups is 1. The van der Waals surface area contributed by atoms with Gasteiger partial charge in [-0.05, 0) is 56.1 Å². The number of halogens is 2. The summed E-state index contributed by atoms with van der Waals surface area (Å²) in [6.45, 7) is 7.62. The lowest BCUT2D eigenvalue weighted by Gasteiger charge is -2.24. The van der Waals surface area contributed by atoms with Gasteiger partial charge >= 0.3 is 0 Å². The maximum Gasteiger partial charge on any atom is 0.126 e. The number of hydrogen-bond acceptors (Lipinski definition) is 2. The van der Waals surface area contributed by atoms with Crippen molar-refractivity contribution in [3.8, 4) is 0 Å². The summed E-state index contributed by atoms with van der Waals surface area (Å²) in [5, 5.41) is 14.1. The third-order valence-corrected chi connectivity index (χ3v) is 3.21. The van der Waals surface area contributed by atoms with Gasteiger partial charge in [0.15, 0.2) is 0 Å². The van der Waals surface area contributed by atoms with E-state index in [0.717, 1.165) is 6.54 Å². The molecular weight excluding hydrogens is 265 g/mol. The van der Waals surface area contributed by atoms with Gasteiger partial charge in [-0.1, -0.05) is 25.4 Å². The highest BCUT2D eigenvalue weighted by Gasteiger charge is 2.22. The molecule has 0 aliphatic carbocycles. The Kier molecular flexibility index (Phi) is 6.24. The topological polar surface area (TPSA) is 32.3 Å². The van der Waals surface area contributed by atoms with Gasteiger partial charge in [0.05, 0.1) is 5.60 Å². The molecule has 2 N–H and O–H groups in total. The van der Waals surface area contributed by atoms with Crippen LogP contribution in [0.2, 0.25) is 5.02 Å². The monoisotopic (exact) mass is 287 g/mol.